The number of amides is 1. The first-order valence-electron chi connectivity index (χ1n) is 6.95. The number of aliphatic hydroxyl groups is 1. The molecule has 0 radical (unpaired) electrons. The molecule has 4 nitrogen and oxygen atoms in total. The van der Waals surface area contributed by atoms with Crippen LogP contribution in [-0.4, -0.2) is 29.3 Å². The predicted molar refractivity (Wildman–Crippen MR) is 72.9 cm³/mol. The summed E-state index contributed by atoms with van der Waals surface area (Å²) in [6.45, 7) is 2.02. The Morgan fingerprint density at radius 1 is 1.50 bits per heavy atom. The van der Waals surface area contributed by atoms with Crippen molar-refractivity contribution in [1.29, 1.82) is 0 Å². The van der Waals surface area contributed by atoms with Crippen molar-refractivity contribution in [3.63, 3.8) is 0 Å². The van der Waals surface area contributed by atoms with Crippen molar-refractivity contribution in [3.05, 3.63) is 30.1 Å². The molecule has 1 saturated carbocycles. The molecular weight excluding hydrogens is 261 g/mol. The molecule has 2 rings (SSSR count). The lowest BCUT2D eigenvalue weighted by Crippen LogP contribution is -2.50. The molecule has 1 atom stereocenters. The number of halogens is 1. The lowest BCUT2D eigenvalue weighted by Gasteiger charge is -2.36. The Bertz CT molecular complexity index is 474. The molecule has 1 aromatic carbocycles. The molecule has 20 heavy (non-hydrogen) atoms. The van der Waals surface area contributed by atoms with Crippen molar-refractivity contribution in [2.24, 2.45) is 0 Å². The maximum Gasteiger partial charge on any atom is 0.261 e. The van der Waals surface area contributed by atoms with E-state index in [0.29, 0.717) is 19.3 Å². The minimum absolute atomic E-state index is 0.0665. The van der Waals surface area contributed by atoms with Crippen LogP contribution in [0.4, 0.5) is 4.39 Å². The van der Waals surface area contributed by atoms with Crippen molar-refractivity contribution in [2.45, 2.75) is 44.3 Å². The van der Waals surface area contributed by atoms with Crippen LogP contribution in [0.25, 0.3) is 0 Å². The Kier molecular flexibility index (Phi) is 4.60. The summed E-state index contributed by atoms with van der Waals surface area (Å²) in [6, 6.07) is 6.00. The maximum atomic E-state index is 13.5. The van der Waals surface area contributed by atoms with Gasteiger partial charge in [0.15, 0.2) is 17.7 Å². The largest absolute Gasteiger partial charge is 0.478 e. The van der Waals surface area contributed by atoms with Crippen LogP contribution in [0.3, 0.4) is 0 Å². The molecule has 0 spiro atoms. The van der Waals surface area contributed by atoms with Gasteiger partial charge in [0.25, 0.3) is 5.91 Å². The molecule has 5 heteroatoms. The summed E-state index contributed by atoms with van der Waals surface area (Å²) < 4.78 is 18.9. The van der Waals surface area contributed by atoms with Crippen LogP contribution < -0.4 is 10.1 Å². The maximum absolute atomic E-state index is 13.5. The zero-order chi connectivity index (χ0) is 14.6. The highest BCUT2D eigenvalue weighted by Gasteiger charge is 2.35. The van der Waals surface area contributed by atoms with Crippen LogP contribution >= 0.6 is 0 Å². The normalized spacial score (nSPS) is 17.9. The number of benzene rings is 1. The van der Waals surface area contributed by atoms with Gasteiger partial charge in [-0.15, -0.1) is 0 Å². The summed E-state index contributed by atoms with van der Waals surface area (Å²) >= 11 is 0. The summed E-state index contributed by atoms with van der Waals surface area (Å²) in [5.41, 5.74) is -0.772. The number of rotatable bonds is 6. The monoisotopic (exact) mass is 281 g/mol. The van der Waals surface area contributed by atoms with Crippen molar-refractivity contribution < 1.29 is 19.0 Å². The SMILES string of the molecule is CCC(Oc1ccccc1F)C(=O)NCC1(O)CCC1. The summed E-state index contributed by atoms with van der Waals surface area (Å²) in [6.07, 6.45) is 2.07. The van der Waals surface area contributed by atoms with Crippen molar-refractivity contribution >= 4 is 5.91 Å². The quantitative estimate of drug-likeness (QED) is 0.838. The topological polar surface area (TPSA) is 58.6 Å². The number of para-hydroxylation sites is 1. The van der Waals surface area contributed by atoms with Crippen LogP contribution in [0, 0.1) is 5.82 Å². The Morgan fingerprint density at radius 2 is 2.20 bits per heavy atom. The van der Waals surface area contributed by atoms with Gasteiger partial charge in [-0.25, -0.2) is 4.39 Å². The van der Waals surface area contributed by atoms with Crippen molar-refractivity contribution in [1.82, 2.24) is 5.32 Å². The van der Waals surface area contributed by atoms with Gasteiger partial charge in [-0.05, 0) is 37.8 Å². The first-order chi connectivity index (χ1) is 9.54. The van der Waals surface area contributed by atoms with E-state index >= 15 is 0 Å². The molecule has 1 amide bonds. The molecule has 1 aliphatic rings. The first-order valence-corrected chi connectivity index (χ1v) is 6.95. The molecule has 0 aromatic heterocycles. The van der Waals surface area contributed by atoms with Crippen LogP contribution in [-0.2, 0) is 4.79 Å². The van der Waals surface area contributed by atoms with Gasteiger partial charge in [0.05, 0.1) is 5.60 Å². The Hall–Kier alpha value is -1.62. The van der Waals surface area contributed by atoms with Gasteiger partial charge in [-0.2, -0.15) is 0 Å². The first kappa shape index (κ1) is 14.8. The molecule has 1 fully saturated rings. The average Bonchev–Trinajstić information content (AvgIpc) is 2.42. The number of ether oxygens (including phenoxy) is 1. The number of nitrogens with one attached hydrogen (secondary N) is 1. The average molecular weight is 281 g/mol. The van der Waals surface area contributed by atoms with E-state index in [2.05, 4.69) is 5.32 Å². The second-order valence-electron chi connectivity index (χ2n) is 5.24. The van der Waals surface area contributed by atoms with Gasteiger partial charge in [-0.1, -0.05) is 19.1 Å². The molecular formula is C15H20FNO3. The van der Waals surface area contributed by atoms with Gasteiger partial charge in [0, 0.05) is 6.54 Å². The molecule has 110 valence electrons. The van der Waals surface area contributed by atoms with E-state index in [1.807, 2.05) is 0 Å². The van der Waals surface area contributed by atoms with Crippen LogP contribution in [0.5, 0.6) is 5.75 Å². The zero-order valence-corrected chi connectivity index (χ0v) is 11.6. The third kappa shape index (κ3) is 3.48. The highest BCUT2D eigenvalue weighted by Crippen LogP contribution is 2.30. The van der Waals surface area contributed by atoms with Crippen LogP contribution in [0.15, 0.2) is 24.3 Å². The number of carbonyl (C=O) groups excluding carboxylic acids is 1. The van der Waals surface area contributed by atoms with E-state index in [-0.39, 0.29) is 18.2 Å². The second kappa shape index (κ2) is 6.22. The lowest BCUT2D eigenvalue weighted by molar-refractivity contribution is -0.130. The fourth-order valence-electron chi connectivity index (χ4n) is 2.14. The molecule has 1 aromatic rings. The Balaban J connectivity index is 1.90. The van der Waals surface area contributed by atoms with E-state index in [0.717, 1.165) is 6.42 Å². The van der Waals surface area contributed by atoms with Crippen LogP contribution in [0.2, 0.25) is 0 Å². The van der Waals surface area contributed by atoms with Gasteiger partial charge in [0.2, 0.25) is 0 Å². The molecule has 0 aliphatic heterocycles. The number of hydrogen-bond donors (Lipinski definition) is 2. The highest BCUT2D eigenvalue weighted by atomic mass is 19.1. The fourth-order valence-corrected chi connectivity index (χ4v) is 2.14. The zero-order valence-electron chi connectivity index (χ0n) is 11.6. The van der Waals surface area contributed by atoms with Gasteiger partial charge in [0.1, 0.15) is 0 Å². The van der Waals surface area contributed by atoms with E-state index in [1.165, 1.54) is 12.1 Å². The van der Waals surface area contributed by atoms with E-state index in [4.69, 9.17) is 4.74 Å². The summed E-state index contributed by atoms with van der Waals surface area (Å²) in [5.74, 6) is -0.746. The standard InChI is InChI=1S/C15H20FNO3/c1-2-12(20-13-7-4-3-6-11(13)16)14(18)17-10-15(19)8-5-9-15/h3-4,6-7,12,19H,2,5,8-10H2,1H3,(H,17,18). The van der Waals surface area contributed by atoms with E-state index < -0.39 is 17.5 Å². The number of carbonyl (C=O) groups is 1. The van der Waals surface area contributed by atoms with Gasteiger partial charge in [-0.3, -0.25) is 4.79 Å². The molecule has 1 aliphatic carbocycles. The summed E-state index contributed by atoms with van der Waals surface area (Å²) in [5, 5.41) is 12.6. The van der Waals surface area contributed by atoms with E-state index in [1.54, 1.807) is 19.1 Å². The van der Waals surface area contributed by atoms with Gasteiger partial charge < -0.3 is 15.2 Å². The molecule has 0 heterocycles. The molecule has 0 saturated heterocycles. The summed E-state index contributed by atoms with van der Waals surface area (Å²) in [7, 11) is 0. The molecule has 2 N–H and O–H groups in total. The Morgan fingerprint density at radius 3 is 2.75 bits per heavy atom. The van der Waals surface area contributed by atoms with Crippen molar-refractivity contribution in [3.8, 4) is 5.75 Å². The minimum Gasteiger partial charge on any atom is -0.478 e. The predicted octanol–water partition coefficient (Wildman–Crippen LogP) is 2.01. The number of hydrogen-bond acceptors (Lipinski definition) is 3. The van der Waals surface area contributed by atoms with Crippen molar-refractivity contribution in [2.75, 3.05) is 6.54 Å². The fraction of sp³-hybridized carbons (Fsp3) is 0.533. The highest BCUT2D eigenvalue weighted by molar-refractivity contribution is 5.81. The lowest BCUT2D eigenvalue weighted by atomic mass is 9.80. The van der Waals surface area contributed by atoms with Crippen LogP contribution in [0.1, 0.15) is 32.6 Å². The third-order valence-corrected chi connectivity index (χ3v) is 3.65. The summed E-state index contributed by atoms with van der Waals surface area (Å²) in [4.78, 5) is 12.0. The smallest absolute Gasteiger partial charge is 0.261 e. The molecule has 0 bridgehead atoms. The minimum atomic E-state index is -0.772. The van der Waals surface area contributed by atoms with E-state index in [9.17, 15) is 14.3 Å². The third-order valence-electron chi connectivity index (χ3n) is 3.65. The van der Waals surface area contributed by atoms with Gasteiger partial charge >= 0.3 is 0 Å². The second-order valence-corrected chi connectivity index (χ2v) is 5.24. The Labute approximate surface area is 117 Å². The molecule has 1 unspecified atom stereocenters.